The van der Waals surface area contributed by atoms with Crippen LogP contribution in [-0.4, -0.2) is 35.6 Å². The molecule has 1 amide bonds. The summed E-state index contributed by atoms with van der Waals surface area (Å²) in [6, 6.07) is 8.93. The first kappa shape index (κ1) is 16.2. The minimum atomic E-state index is -3.03. The van der Waals surface area contributed by atoms with Crippen molar-refractivity contribution in [3.63, 3.8) is 0 Å². The fourth-order valence-corrected chi connectivity index (χ4v) is 2.70. The molecule has 0 bridgehead atoms. The van der Waals surface area contributed by atoms with Gasteiger partial charge in [-0.2, -0.15) is 5.10 Å². The molecule has 2 rings (SSSR count). The molecule has 0 aliphatic carbocycles. The molecule has 0 aliphatic heterocycles. The van der Waals surface area contributed by atoms with E-state index >= 15 is 0 Å². The Morgan fingerprint density at radius 3 is 2.68 bits per heavy atom. The second kappa shape index (κ2) is 6.74. The summed E-state index contributed by atoms with van der Waals surface area (Å²) in [4.78, 5) is 12.2. The predicted octanol–water partition coefficient (Wildman–Crippen LogP) is 1.88. The van der Waals surface area contributed by atoms with Gasteiger partial charge in [-0.25, -0.2) is 8.42 Å². The fourth-order valence-electron chi connectivity index (χ4n) is 1.94. The number of carbonyl (C=O) groups is 1. The Labute approximate surface area is 130 Å². The van der Waals surface area contributed by atoms with E-state index in [4.69, 9.17) is 0 Å². The van der Waals surface area contributed by atoms with Gasteiger partial charge in [0, 0.05) is 23.6 Å². The van der Waals surface area contributed by atoms with Crippen LogP contribution in [0.2, 0.25) is 0 Å². The third-order valence-corrected chi connectivity index (χ3v) is 5.03. The molecule has 0 saturated carbocycles. The average molecular weight is 321 g/mol. The van der Waals surface area contributed by atoms with E-state index in [0.717, 1.165) is 5.56 Å². The highest BCUT2D eigenvalue weighted by Gasteiger charge is 2.11. The smallest absolute Gasteiger partial charge is 0.257 e. The Kier molecular flexibility index (Phi) is 4.97. The zero-order valence-corrected chi connectivity index (χ0v) is 13.4. The lowest BCUT2D eigenvalue weighted by atomic mass is 10.1. The van der Waals surface area contributed by atoms with Crippen molar-refractivity contribution in [3.8, 4) is 0 Å². The number of anilines is 1. The van der Waals surface area contributed by atoms with Crippen LogP contribution in [0.5, 0.6) is 0 Å². The van der Waals surface area contributed by atoms with Crippen LogP contribution in [0, 0.1) is 6.92 Å². The molecule has 7 heteroatoms. The van der Waals surface area contributed by atoms with Crippen LogP contribution in [0.25, 0.3) is 0 Å². The molecule has 1 aromatic heterocycles. The molecule has 1 heterocycles. The number of sulfone groups is 1. The maximum atomic E-state index is 12.2. The quantitative estimate of drug-likeness (QED) is 0.881. The number of aryl methyl sites for hydroxylation is 2. The largest absolute Gasteiger partial charge is 0.305 e. The van der Waals surface area contributed by atoms with E-state index in [0.29, 0.717) is 11.4 Å². The van der Waals surface area contributed by atoms with Gasteiger partial charge in [-0.05, 0) is 18.6 Å². The van der Waals surface area contributed by atoms with Gasteiger partial charge in [0.05, 0.1) is 12.3 Å². The van der Waals surface area contributed by atoms with Gasteiger partial charge < -0.3 is 5.32 Å². The number of nitrogens with zero attached hydrogens (tertiary/aromatic N) is 2. The number of hydrogen-bond donors (Lipinski definition) is 1. The Bertz CT molecular complexity index is 766. The van der Waals surface area contributed by atoms with Gasteiger partial charge in [0.1, 0.15) is 0 Å². The van der Waals surface area contributed by atoms with Gasteiger partial charge in [0.25, 0.3) is 5.91 Å². The van der Waals surface area contributed by atoms with Crippen LogP contribution in [-0.2, 0) is 16.4 Å². The summed E-state index contributed by atoms with van der Waals surface area (Å²) in [5.41, 5.74) is 1.47. The van der Waals surface area contributed by atoms with E-state index < -0.39 is 9.84 Å². The first-order valence-corrected chi connectivity index (χ1v) is 8.84. The highest BCUT2D eigenvalue weighted by atomic mass is 32.2. The monoisotopic (exact) mass is 321 g/mol. The summed E-state index contributed by atoms with van der Waals surface area (Å²) in [7, 11) is -3.03. The van der Waals surface area contributed by atoms with Crippen molar-refractivity contribution in [2.45, 2.75) is 20.4 Å². The number of rotatable bonds is 6. The van der Waals surface area contributed by atoms with Crippen molar-refractivity contribution < 1.29 is 13.2 Å². The molecule has 0 spiro atoms. The lowest BCUT2D eigenvalue weighted by Gasteiger charge is -2.05. The summed E-state index contributed by atoms with van der Waals surface area (Å²) >= 11 is 0. The van der Waals surface area contributed by atoms with Crippen LogP contribution < -0.4 is 5.32 Å². The summed E-state index contributed by atoms with van der Waals surface area (Å²) in [6.45, 7) is 3.76. The Morgan fingerprint density at radius 1 is 1.27 bits per heavy atom. The second-order valence-electron chi connectivity index (χ2n) is 4.97. The SMILES string of the molecule is CCS(=O)(=O)CCn1ccc(NC(=O)c2ccccc2C)n1. The Morgan fingerprint density at radius 2 is 2.00 bits per heavy atom. The average Bonchev–Trinajstić information content (AvgIpc) is 2.93. The van der Waals surface area contributed by atoms with Gasteiger partial charge in [-0.15, -0.1) is 0 Å². The van der Waals surface area contributed by atoms with Crippen LogP contribution >= 0.6 is 0 Å². The fraction of sp³-hybridized carbons (Fsp3) is 0.333. The van der Waals surface area contributed by atoms with E-state index in [1.54, 1.807) is 31.3 Å². The van der Waals surface area contributed by atoms with E-state index in [-0.39, 0.29) is 24.0 Å². The molecule has 1 N–H and O–H groups in total. The molecular weight excluding hydrogens is 302 g/mol. The third-order valence-electron chi connectivity index (χ3n) is 3.34. The molecular formula is C15H19N3O3S. The highest BCUT2D eigenvalue weighted by Crippen LogP contribution is 2.10. The third kappa shape index (κ3) is 4.17. The van der Waals surface area contributed by atoms with Crippen molar-refractivity contribution in [1.82, 2.24) is 9.78 Å². The van der Waals surface area contributed by atoms with E-state index in [1.807, 2.05) is 19.1 Å². The zero-order valence-electron chi connectivity index (χ0n) is 12.6. The number of amides is 1. The summed E-state index contributed by atoms with van der Waals surface area (Å²) < 4.78 is 24.5. The van der Waals surface area contributed by atoms with Gasteiger partial charge in [-0.1, -0.05) is 25.1 Å². The number of nitrogens with one attached hydrogen (secondary N) is 1. The summed E-state index contributed by atoms with van der Waals surface area (Å²) in [6.07, 6.45) is 1.65. The van der Waals surface area contributed by atoms with Crippen molar-refractivity contribution in [3.05, 3.63) is 47.7 Å². The first-order valence-electron chi connectivity index (χ1n) is 7.02. The van der Waals surface area contributed by atoms with E-state index in [1.165, 1.54) is 4.68 Å². The minimum absolute atomic E-state index is 0.0381. The maximum absolute atomic E-state index is 12.2. The van der Waals surface area contributed by atoms with Crippen molar-refractivity contribution >= 4 is 21.6 Å². The van der Waals surface area contributed by atoms with Crippen LogP contribution in [0.4, 0.5) is 5.82 Å². The molecule has 0 radical (unpaired) electrons. The summed E-state index contributed by atoms with van der Waals surface area (Å²) in [5.74, 6) is 0.327. The molecule has 0 atom stereocenters. The van der Waals surface area contributed by atoms with Crippen LogP contribution in [0.3, 0.4) is 0 Å². The summed E-state index contributed by atoms with van der Waals surface area (Å²) in [5, 5.41) is 6.87. The molecule has 118 valence electrons. The van der Waals surface area contributed by atoms with Gasteiger partial charge >= 0.3 is 0 Å². The lowest BCUT2D eigenvalue weighted by Crippen LogP contribution is -2.16. The molecule has 2 aromatic rings. The molecule has 6 nitrogen and oxygen atoms in total. The maximum Gasteiger partial charge on any atom is 0.257 e. The molecule has 0 fully saturated rings. The number of aromatic nitrogens is 2. The molecule has 1 aromatic carbocycles. The minimum Gasteiger partial charge on any atom is -0.305 e. The van der Waals surface area contributed by atoms with Gasteiger partial charge in [-0.3, -0.25) is 9.48 Å². The predicted molar refractivity (Wildman–Crippen MR) is 85.7 cm³/mol. The number of hydrogen-bond acceptors (Lipinski definition) is 4. The molecule has 0 saturated heterocycles. The topological polar surface area (TPSA) is 81.1 Å². The second-order valence-corrected chi connectivity index (χ2v) is 7.44. The highest BCUT2D eigenvalue weighted by molar-refractivity contribution is 7.91. The van der Waals surface area contributed by atoms with Crippen molar-refractivity contribution in [2.24, 2.45) is 0 Å². The molecule has 22 heavy (non-hydrogen) atoms. The number of benzene rings is 1. The molecule has 0 unspecified atom stereocenters. The first-order chi connectivity index (χ1) is 10.4. The van der Waals surface area contributed by atoms with Crippen molar-refractivity contribution in [2.75, 3.05) is 16.8 Å². The van der Waals surface area contributed by atoms with Gasteiger partial charge in [0.15, 0.2) is 15.7 Å². The van der Waals surface area contributed by atoms with Crippen molar-refractivity contribution in [1.29, 1.82) is 0 Å². The lowest BCUT2D eigenvalue weighted by molar-refractivity contribution is 0.102. The van der Waals surface area contributed by atoms with E-state index in [9.17, 15) is 13.2 Å². The standard InChI is InChI=1S/C15H19N3O3S/c1-3-22(20,21)11-10-18-9-8-14(17-18)16-15(19)13-7-5-4-6-12(13)2/h4-9H,3,10-11H2,1-2H3,(H,16,17,19). The number of carbonyl (C=O) groups excluding carboxylic acids is 1. The van der Waals surface area contributed by atoms with Crippen LogP contribution in [0.1, 0.15) is 22.8 Å². The van der Waals surface area contributed by atoms with Gasteiger partial charge in [0.2, 0.25) is 0 Å². The van der Waals surface area contributed by atoms with E-state index in [2.05, 4.69) is 10.4 Å². The zero-order chi connectivity index (χ0) is 16.2. The normalized spacial score (nSPS) is 11.4. The molecule has 0 aliphatic rings. The van der Waals surface area contributed by atoms with Crippen LogP contribution in [0.15, 0.2) is 36.5 Å². The Hall–Kier alpha value is -2.15. The Balaban J connectivity index is 2.00.